The van der Waals surface area contributed by atoms with Crippen LogP contribution in [0.5, 0.6) is 5.75 Å². The van der Waals surface area contributed by atoms with E-state index in [0.29, 0.717) is 26.6 Å². The van der Waals surface area contributed by atoms with E-state index in [-0.39, 0.29) is 22.8 Å². The topological polar surface area (TPSA) is 89.3 Å². The Balaban J connectivity index is 2.08. The van der Waals surface area contributed by atoms with E-state index in [4.69, 9.17) is 38.1 Å². The van der Waals surface area contributed by atoms with E-state index in [2.05, 4.69) is 0 Å². The highest BCUT2D eigenvalue weighted by molar-refractivity contribution is 6.42. The second-order valence-corrected chi connectivity index (χ2v) is 6.54. The molecule has 0 bridgehead atoms. The van der Waals surface area contributed by atoms with Gasteiger partial charge in [0.05, 0.1) is 26.9 Å². The second-order valence-electron chi connectivity index (χ2n) is 5.73. The van der Waals surface area contributed by atoms with Crippen LogP contribution in [-0.2, 0) is 0 Å². The zero-order valence-corrected chi connectivity index (χ0v) is 14.6. The molecule has 1 aromatic heterocycles. The Hall–Kier alpha value is -2.94. The molecule has 5 nitrogen and oxygen atoms in total. The number of hydrogen-bond donors (Lipinski definition) is 1. The van der Waals surface area contributed by atoms with E-state index in [1.807, 2.05) is 6.07 Å². The Bertz CT molecular complexity index is 1190. The lowest BCUT2D eigenvalue weighted by Crippen LogP contribution is -2.26. The summed E-state index contributed by atoms with van der Waals surface area (Å²) in [6.07, 6.45) is 0. The van der Waals surface area contributed by atoms with Crippen LogP contribution in [-0.4, -0.2) is 0 Å². The number of nitrogens with zero attached hydrogens (tertiary/aromatic N) is 1. The molecule has 2 N–H and O–H groups in total. The van der Waals surface area contributed by atoms with E-state index >= 15 is 0 Å². The first-order chi connectivity index (χ1) is 12.5. The molecular formula is C19H10Cl2N2O3. The van der Waals surface area contributed by atoms with Crippen molar-refractivity contribution in [2.45, 2.75) is 5.92 Å². The lowest BCUT2D eigenvalue weighted by atomic mass is 9.84. The number of allylic oxidation sites excluding steroid dienone is 1. The third-order valence-corrected chi connectivity index (χ3v) is 4.99. The molecular weight excluding hydrogens is 375 g/mol. The number of ether oxygens (including phenoxy) is 1. The average molecular weight is 385 g/mol. The fourth-order valence-corrected chi connectivity index (χ4v) is 3.40. The smallest absolute Gasteiger partial charge is 0.344 e. The molecule has 1 atom stereocenters. The first-order valence-electron chi connectivity index (χ1n) is 7.59. The number of halogens is 2. The highest BCUT2D eigenvalue weighted by Crippen LogP contribution is 2.44. The Morgan fingerprint density at radius 1 is 1.12 bits per heavy atom. The quantitative estimate of drug-likeness (QED) is 0.631. The minimum absolute atomic E-state index is 0.0631. The van der Waals surface area contributed by atoms with Crippen LogP contribution in [0.1, 0.15) is 17.0 Å². The van der Waals surface area contributed by atoms with Gasteiger partial charge in [0.25, 0.3) is 0 Å². The van der Waals surface area contributed by atoms with Gasteiger partial charge < -0.3 is 14.9 Å². The number of benzene rings is 2. The minimum Gasteiger partial charge on any atom is -0.439 e. The molecule has 0 saturated carbocycles. The lowest BCUT2D eigenvalue weighted by Gasteiger charge is -2.26. The summed E-state index contributed by atoms with van der Waals surface area (Å²) in [5.41, 5.74) is 6.66. The minimum atomic E-state index is -0.764. The maximum absolute atomic E-state index is 12.7. The van der Waals surface area contributed by atoms with Gasteiger partial charge in [-0.05, 0) is 29.8 Å². The molecule has 128 valence electrons. The zero-order valence-electron chi connectivity index (χ0n) is 13.1. The zero-order chi connectivity index (χ0) is 18.4. The Morgan fingerprint density at radius 3 is 2.62 bits per heavy atom. The normalized spacial score (nSPS) is 16.1. The van der Waals surface area contributed by atoms with Crippen molar-refractivity contribution in [1.29, 1.82) is 5.26 Å². The van der Waals surface area contributed by atoms with Crippen molar-refractivity contribution in [2.75, 3.05) is 0 Å². The Morgan fingerprint density at radius 2 is 1.88 bits per heavy atom. The number of hydrogen-bond acceptors (Lipinski definition) is 5. The molecule has 0 amide bonds. The second kappa shape index (κ2) is 6.10. The van der Waals surface area contributed by atoms with Crippen molar-refractivity contribution < 1.29 is 9.15 Å². The summed E-state index contributed by atoms with van der Waals surface area (Å²) in [5.74, 6) is -0.546. The average Bonchev–Trinajstić information content (AvgIpc) is 2.63. The predicted octanol–water partition coefficient (Wildman–Crippen LogP) is 4.32. The molecule has 0 aliphatic carbocycles. The van der Waals surface area contributed by atoms with Crippen LogP contribution in [0.3, 0.4) is 0 Å². The van der Waals surface area contributed by atoms with Gasteiger partial charge in [-0.2, -0.15) is 5.26 Å². The molecule has 0 fully saturated rings. The summed E-state index contributed by atoms with van der Waals surface area (Å²) in [5, 5.41) is 10.8. The summed E-state index contributed by atoms with van der Waals surface area (Å²) in [6, 6.07) is 13.9. The lowest BCUT2D eigenvalue weighted by molar-refractivity contribution is 0.388. The highest BCUT2D eigenvalue weighted by atomic mass is 35.5. The molecule has 0 unspecified atom stereocenters. The van der Waals surface area contributed by atoms with Crippen LogP contribution in [0, 0.1) is 11.3 Å². The van der Waals surface area contributed by atoms with Crippen LogP contribution in [0.25, 0.3) is 11.0 Å². The van der Waals surface area contributed by atoms with E-state index in [1.54, 1.807) is 42.5 Å². The largest absolute Gasteiger partial charge is 0.439 e. The number of nitriles is 1. The molecule has 1 aliphatic heterocycles. The van der Waals surface area contributed by atoms with Gasteiger partial charge in [0.15, 0.2) is 5.75 Å². The van der Waals surface area contributed by atoms with Gasteiger partial charge >= 0.3 is 5.63 Å². The van der Waals surface area contributed by atoms with E-state index < -0.39 is 11.5 Å². The van der Waals surface area contributed by atoms with Gasteiger partial charge in [0, 0.05) is 0 Å². The first kappa shape index (κ1) is 16.5. The standard InChI is InChI=1S/C19H10Cl2N2O3/c20-12-6-5-9(7-13(12)21)15-11(8-22)18(23)26-17-10-3-1-2-4-14(10)25-19(24)16(15)17/h1-7,15H,23H2/t15-/m1/s1. The fourth-order valence-electron chi connectivity index (χ4n) is 3.09. The van der Waals surface area contributed by atoms with Crippen molar-refractivity contribution in [1.82, 2.24) is 0 Å². The molecule has 0 spiro atoms. The molecule has 0 radical (unpaired) electrons. The predicted molar refractivity (Wildman–Crippen MR) is 98.2 cm³/mol. The Labute approximate surface area is 157 Å². The van der Waals surface area contributed by atoms with Gasteiger partial charge in [-0.1, -0.05) is 41.4 Å². The summed E-state index contributed by atoms with van der Waals surface area (Å²) >= 11 is 12.1. The van der Waals surface area contributed by atoms with Crippen molar-refractivity contribution >= 4 is 34.2 Å². The SMILES string of the molecule is N#CC1=C(N)Oc2c(c(=O)oc3ccccc23)[C@@H]1c1ccc(Cl)c(Cl)c1. The van der Waals surface area contributed by atoms with Crippen molar-refractivity contribution in [3.8, 4) is 11.8 Å². The maximum atomic E-state index is 12.7. The van der Waals surface area contributed by atoms with Crippen molar-refractivity contribution in [3.05, 3.63) is 85.5 Å². The molecule has 4 rings (SSSR count). The van der Waals surface area contributed by atoms with Gasteiger partial charge in [0.2, 0.25) is 5.88 Å². The number of para-hydroxylation sites is 1. The number of nitrogens with two attached hydrogens (primary N) is 1. The van der Waals surface area contributed by atoms with Crippen molar-refractivity contribution in [2.24, 2.45) is 5.73 Å². The molecule has 2 heterocycles. The van der Waals surface area contributed by atoms with Gasteiger partial charge in [-0.15, -0.1) is 0 Å². The Kier molecular flexibility index (Phi) is 3.87. The summed E-state index contributed by atoms with van der Waals surface area (Å²) in [4.78, 5) is 12.7. The number of fused-ring (bicyclic) bond motifs is 3. The molecule has 0 saturated heterocycles. The molecule has 7 heteroatoms. The van der Waals surface area contributed by atoms with Gasteiger partial charge in [0.1, 0.15) is 17.2 Å². The van der Waals surface area contributed by atoms with Crippen LogP contribution in [0.2, 0.25) is 10.0 Å². The first-order valence-corrected chi connectivity index (χ1v) is 8.35. The summed E-state index contributed by atoms with van der Waals surface area (Å²) in [6.45, 7) is 0. The van der Waals surface area contributed by atoms with Crippen LogP contribution in [0.15, 0.2) is 63.1 Å². The fraction of sp³-hybridized carbons (Fsp3) is 0.0526. The maximum Gasteiger partial charge on any atom is 0.344 e. The molecule has 2 aromatic carbocycles. The third kappa shape index (κ3) is 2.43. The van der Waals surface area contributed by atoms with Gasteiger partial charge in [-0.3, -0.25) is 0 Å². The van der Waals surface area contributed by atoms with Crippen LogP contribution in [0.4, 0.5) is 0 Å². The summed E-state index contributed by atoms with van der Waals surface area (Å²) < 4.78 is 11.1. The molecule has 26 heavy (non-hydrogen) atoms. The third-order valence-electron chi connectivity index (χ3n) is 4.25. The van der Waals surface area contributed by atoms with E-state index in [0.717, 1.165) is 0 Å². The number of rotatable bonds is 1. The van der Waals surface area contributed by atoms with Crippen LogP contribution < -0.4 is 16.1 Å². The van der Waals surface area contributed by atoms with Gasteiger partial charge in [-0.25, -0.2) is 4.79 Å². The van der Waals surface area contributed by atoms with E-state index in [1.165, 1.54) is 0 Å². The monoisotopic (exact) mass is 384 g/mol. The highest BCUT2D eigenvalue weighted by Gasteiger charge is 2.35. The molecule has 3 aromatic rings. The van der Waals surface area contributed by atoms with Crippen LogP contribution >= 0.6 is 23.2 Å². The molecule has 1 aliphatic rings. The summed E-state index contributed by atoms with van der Waals surface area (Å²) in [7, 11) is 0. The van der Waals surface area contributed by atoms with Crippen molar-refractivity contribution in [3.63, 3.8) is 0 Å². The van der Waals surface area contributed by atoms with E-state index in [9.17, 15) is 10.1 Å².